The van der Waals surface area contributed by atoms with Crippen LogP contribution in [0.5, 0.6) is 0 Å². The van der Waals surface area contributed by atoms with E-state index in [-0.39, 0.29) is 11.8 Å². The number of hydrogen-bond donors (Lipinski definition) is 1. The molecule has 2 aromatic rings. The van der Waals surface area contributed by atoms with Gasteiger partial charge in [-0.15, -0.1) is 0 Å². The first-order valence-electron chi connectivity index (χ1n) is 6.92. The summed E-state index contributed by atoms with van der Waals surface area (Å²) in [5.41, 5.74) is 2.08. The molecule has 22 heavy (non-hydrogen) atoms. The van der Waals surface area contributed by atoms with Crippen LogP contribution in [0.2, 0.25) is 0 Å². The first kappa shape index (κ1) is 15.5. The Morgan fingerprint density at radius 3 is 2.41 bits per heavy atom. The Kier molecular flexibility index (Phi) is 5.09. The molecule has 0 aliphatic carbocycles. The number of rotatable bonds is 4. The van der Waals surface area contributed by atoms with Gasteiger partial charge in [-0.1, -0.05) is 36.4 Å². The van der Waals surface area contributed by atoms with Crippen LogP contribution >= 0.6 is 0 Å². The van der Waals surface area contributed by atoms with Gasteiger partial charge in [0.1, 0.15) is 0 Å². The van der Waals surface area contributed by atoms with E-state index in [1.54, 1.807) is 44.4 Å². The van der Waals surface area contributed by atoms with E-state index in [1.165, 1.54) is 11.0 Å². The van der Waals surface area contributed by atoms with Gasteiger partial charge in [-0.2, -0.15) is 0 Å². The number of carbonyl (C=O) groups is 2. The van der Waals surface area contributed by atoms with E-state index in [9.17, 15) is 9.59 Å². The van der Waals surface area contributed by atoms with Gasteiger partial charge >= 0.3 is 0 Å². The minimum Gasteiger partial charge on any atom is -0.345 e. The molecule has 0 aromatic heterocycles. The topological polar surface area (TPSA) is 49.4 Å². The Labute approximate surface area is 130 Å². The van der Waals surface area contributed by atoms with Gasteiger partial charge in [0.25, 0.3) is 5.91 Å². The molecular formula is C18H18N2O2. The van der Waals surface area contributed by atoms with Crippen LogP contribution in [0.1, 0.15) is 15.9 Å². The molecule has 2 amide bonds. The van der Waals surface area contributed by atoms with Crippen molar-refractivity contribution in [1.82, 2.24) is 4.90 Å². The van der Waals surface area contributed by atoms with Gasteiger partial charge in [0.05, 0.1) is 0 Å². The van der Waals surface area contributed by atoms with E-state index in [0.29, 0.717) is 11.3 Å². The van der Waals surface area contributed by atoms with Crippen LogP contribution in [0.4, 0.5) is 5.69 Å². The lowest BCUT2D eigenvalue weighted by Gasteiger charge is -2.11. The second-order valence-electron chi connectivity index (χ2n) is 5.01. The van der Waals surface area contributed by atoms with Crippen LogP contribution in [0.3, 0.4) is 0 Å². The number of anilines is 1. The largest absolute Gasteiger partial charge is 0.345 e. The molecule has 0 saturated carbocycles. The third-order valence-corrected chi connectivity index (χ3v) is 3.01. The van der Waals surface area contributed by atoms with E-state index in [2.05, 4.69) is 5.32 Å². The summed E-state index contributed by atoms with van der Waals surface area (Å²) in [5.74, 6) is -0.339. The number of amides is 2. The van der Waals surface area contributed by atoms with Gasteiger partial charge in [0.2, 0.25) is 5.91 Å². The van der Waals surface area contributed by atoms with Crippen LogP contribution in [-0.2, 0) is 4.79 Å². The molecular weight excluding hydrogens is 276 g/mol. The molecule has 0 fully saturated rings. The van der Waals surface area contributed by atoms with Gasteiger partial charge in [-0.05, 0) is 29.8 Å². The summed E-state index contributed by atoms with van der Waals surface area (Å²) in [7, 11) is 3.38. The minimum absolute atomic E-state index is 0.101. The molecule has 2 rings (SSSR count). The van der Waals surface area contributed by atoms with Crippen LogP contribution in [-0.4, -0.2) is 30.8 Å². The Morgan fingerprint density at radius 2 is 1.73 bits per heavy atom. The van der Waals surface area contributed by atoms with E-state index in [1.807, 2.05) is 30.3 Å². The number of hydrogen-bond acceptors (Lipinski definition) is 2. The third kappa shape index (κ3) is 4.31. The van der Waals surface area contributed by atoms with E-state index in [4.69, 9.17) is 0 Å². The van der Waals surface area contributed by atoms with Gasteiger partial charge in [0, 0.05) is 31.4 Å². The summed E-state index contributed by atoms with van der Waals surface area (Å²) >= 11 is 0. The molecule has 4 nitrogen and oxygen atoms in total. The van der Waals surface area contributed by atoms with Gasteiger partial charge < -0.3 is 10.2 Å². The van der Waals surface area contributed by atoms with Crippen LogP contribution in [0.15, 0.2) is 60.7 Å². The second kappa shape index (κ2) is 7.22. The molecule has 0 bridgehead atoms. The lowest BCUT2D eigenvalue weighted by molar-refractivity contribution is -0.111. The molecule has 0 heterocycles. The van der Waals surface area contributed by atoms with E-state index in [0.717, 1.165) is 5.56 Å². The highest BCUT2D eigenvalue weighted by Gasteiger charge is 2.08. The summed E-state index contributed by atoms with van der Waals surface area (Å²) in [6, 6.07) is 16.5. The van der Waals surface area contributed by atoms with Crippen molar-refractivity contribution in [1.29, 1.82) is 0 Å². The summed E-state index contributed by atoms with van der Waals surface area (Å²) < 4.78 is 0. The smallest absolute Gasteiger partial charge is 0.253 e. The molecule has 0 saturated heterocycles. The molecule has 0 atom stereocenters. The van der Waals surface area contributed by atoms with Gasteiger partial charge in [-0.25, -0.2) is 0 Å². The number of nitrogens with one attached hydrogen (secondary N) is 1. The predicted octanol–water partition coefficient (Wildman–Crippen LogP) is 3.04. The van der Waals surface area contributed by atoms with Crippen molar-refractivity contribution in [3.63, 3.8) is 0 Å². The highest BCUT2D eigenvalue weighted by Crippen LogP contribution is 2.12. The summed E-state index contributed by atoms with van der Waals surface area (Å²) in [4.78, 5) is 25.3. The molecule has 0 aliphatic rings. The molecule has 112 valence electrons. The van der Waals surface area contributed by atoms with Gasteiger partial charge in [-0.3, -0.25) is 9.59 Å². The lowest BCUT2D eigenvalue weighted by Crippen LogP contribution is -2.21. The lowest BCUT2D eigenvalue weighted by atomic mass is 10.1. The Bertz CT molecular complexity index is 691. The van der Waals surface area contributed by atoms with Crippen LogP contribution in [0.25, 0.3) is 6.08 Å². The van der Waals surface area contributed by atoms with Crippen molar-refractivity contribution in [3.8, 4) is 0 Å². The monoisotopic (exact) mass is 294 g/mol. The number of carbonyl (C=O) groups excluding carboxylic acids is 2. The van der Waals surface area contributed by atoms with E-state index >= 15 is 0 Å². The van der Waals surface area contributed by atoms with Crippen molar-refractivity contribution in [2.24, 2.45) is 0 Å². The molecule has 0 unspecified atom stereocenters. The Morgan fingerprint density at radius 1 is 1.00 bits per heavy atom. The van der Waals surface area contributed by atoms with Gasteiger partial charge in [0.15, 0.2) is 0 Å². The zero-order valence-electron chi connectivity index (χ0n) is 12.6. The van der Waals surface area contributed by atoms with Crippen LogP contribution < -0.4 is 5.32 Å². The highest BCUT2D eigenvalue weighted by atomic mass is 16.2. The molecule has 2 aromatic carbocycles. The average Bonchev–Trinajstić information content (AvgIpc) is 2.53. The zero-order valence-corrected chi connectivity index (χ0v) is 12.6. The third-order valence-electron chi connectivity index (χ3n) is 3.01. The van der Waals surface area contributed by atoms with Crippen molar-refractivity contribution in [2.75, 3.05) is 19.4 Å². The highest BCUT2D eigenvalue weighted by molar-refractivity contribution is 6.03. The van der Waals surface area contributed by atoms with Crippen LogP contribution in [0, 0.1) is 0 Å². The maximum absolute atomic E-state index is 11.9. The summed E-state index contributed by atoms with van der Waals surface area (Å²) in [6.07, 6.45) is 3.21. The minimum atomic E-state index is -0.238. The first-order valence-corrected chi connectivity index (χ1v) is 6.92. The second-order valence-corrected chi connectivity index (χ2v) is 5.01. The van der Waals surface area contributed by atoms with Crippen molar-refractivity contribution in [2.45, 2.75) is 0 Å². The number of nitrogens with zero attached hydrogens (tertiary/aromatic N) is 1. The fourth-order valence-electron chi connectivity index (χ4n) is 1.91. The fourth-order valence-corrected chi connectivity index (χ4v) is 1.91. The Balaban J connectivity index is 2.04. The average molecular weight is 294 g/mol. The molecule has 0 aliphatic heterocycles. The molecule has 0 radical (unpaired) electrons. The summed E-state index contributed by atoms with van der Waals surface area (Å²) in [6.45, 7) is 0. The molecule has 1 N–H and O–H groups in total. The van der Waals surface area contributed by atoms with Crippen molar-refractivity contribution < 1.29 is 9.59 Å². The first-order chi connectivity index (χ1) is 10.6. The molecule has 4 heteroatoms. The standard InChI is InChI=1S/C18H18N2O2/c1-20(2)18(22)15-9-6-10-16(13-15)19-17(21)12-11-14-7-4-3-5-8-14/h3-13H,1-2H3,(H,19,21)/b12-11+. The summed E-state index contributed by atoms with van der Waals surface area (Å²) in [5, 5.41) is 2.75. The van der Waals surface area contributed by atoms with E-state index < -0.39 is 0 Å². The predicted molar refractivity (Wildman–Crippen MR) is 88.6 cm³/mol. The normalized spacial score (nSPS) is 10.5. The van der Waals surface area contributed by atoms with Crippen molar-refractivity contribution >= 4 is 23.6 Å². The number of benzene rings is 2. The molecule has 0 spiro atoms. The fraction of sp³-hybridized carbons (Fsp3) is 0.111. The van der Waals surface area contributed by atoms with Crippen molar-refractivity contribution in [3.05, 3.63) is 71.8 Å². The maximum atomic E-state index is 11.9. The zero-order chi connectivity index (χ0) is 15.9. The quantitative estimate of drug-likeness (QED) is 0.881. The maximum Gasteiger partial charge on any atom is 0.253 e. The SMILES string of the molecule is CN(C)C(=O)c1cccc(NC(=O)/C=C/c2ccccc2)c1. The Hall–Kier alpha value is -2.88.